The van der Waals surface area contributed by atoms with Gasteiger partial charge in [-0.25, -0.2) is 0 Å². The van der Waals surface area contributed by atoms with E-state index in [0.717, 1.165) is 5.46 Å². The Labute approximate surface area is 168 Å². The Bertz CT molecular complexity index is 1090. The number of hydrogen-bond acceptors (Lipinski definition) is 2. The summed E-state index contributed by atoms with van der Waals surface area (Å²) in [6.45, 7) is 13.1. The van der Waals surface area contributed by atoms with Crippen LogP contribution in [0.2, 0.25) is 0 Å². The van der Waals surface area contributed by atoms with Gasteiger partial charge in [0.2, 0.25) is 0 Å². The maximum absolute atomic E-state index is 6.37. The Morgan fingerprint density at radius 3 is 2.04 bits per heavy atom. The third-order valence-electron chi connectivity index (χ3n) is 7.15. The fourth-order valence-electron chi connectivity index (χ4n) is 4.76. The average Bonchev–Trinajstić information content (AvgIpc) is 3.01. The molecule has 1 aliphatic heterocycles. The van der Waals surface area contributed by atoms with Gasteiger partial charge in [0, 0.05) is 5.41 Å². The molecule has 1 saturated heterocycles. The van der Waals surface area contributed by atoms with Crippen molar-refractivity contribution in [3.63, 3.8) is 0 Å². The molecule has 1 aliphatic carbocycles. The zero-order valence-electron chi connectivity index (χ0n) is 17.6. The summed E-state index contributed by atoms with van der Waals surface area (Å²) in [4.78, 5) is 0. The van der Waals surface area contributed by atoms with Gasteiger partial charge < -0.3 is 9.31 Å². The molecule has 3 aromatic rings. The minimum atomic E-state index is -0.351. The highest BCUT2D eigenvalue weighted by atomic mass is 16.7. The van der Waals surface area contributed by atoms with Crippen LogP contribution in [0.25, 0.3) is 21.9 Å². The molecule has 0 atom stereocenters. The third-order valence-corrected chi connectivity index (χ3v) is 7.15. The molecular weight excluding hydrogens is 343 g/mol. The minimum Gasteiger partial charge on any atom is -0.399 e. The average molecular weight is 370 g/mol. The molecule has 0 saturated carbocycles. The van der Waals surface area contributed by atoms with E-state index in [1.54, 1.807) is 0 Å². The highest BCUT2D eigenvalue weighted by Gasteiger charge is 2.52. The van der Waals surface area contributed by atoms with Crippen LogP contribution in [0.15, 0.2) is 54.6 Å². The summed E-state index contributed by atoms with van der Waals surface area (Å²) in [5.41, 5.74) is 5.94. The predicted molar refractivity (Wildman–Crippen MR) is 117 cm³/mol. The maximum atomic E-state index is 6.37. The van der Waals surface area contributed by atoms with Crippen molar-refractivity contribution in [2.45, 2.75) is 58.2 Å². The fraction of sp³-hybridized carbons (Fsp3) is 0.360. The van der Waals surface area contributed by atoms with Crippen molar-refractivity contribution >= 4 is 23.4 Å². The number of fused-ring (bicyclic) bond motifs is 5. The summed E-state index contributed by atoms with van der Waals surface area (Å²) in [6.07, 6.45) is 0. The Balaban J connectivity index is 1.74. The summed E-state index contributed by atoms with van der Waals surface area (Å²) in [5, 5.41) is 2.50. The molecule has 5 rings (SSSR count). The minimum absolute atomic E-state index is 0.0143. The van der Waals surface area contributed by atoms with Gasteiger partial charge in [0.15, 0.2) is 0 Å². The van der Waals surface area contributed by atoms with Crippen LogP contribution in [0.5, 0.6) is 0 Å². The van der Waals surface area contributed by atoms with Crippen LogP contribution in [-0.2, 0) is 14.7 Å². The lowest BCUT2D eigenvalue weighted by atomic mass is 9.74. The monoisotopic (exact) mass is 370 g/mol. The molecule has 28 heavy (non-hydrogen) atoms. The summed E-state index contributed by atoms with van der Waals surface area (Å²) in [7, 11) is -0.351. The lowest BCUT2D eigenvalue weighted by Gasteiger charge is -2.32. The Morgan fingerprint density at radius 1 is 0.643 bits per heavy atom. The zero-order valence-corrected chi connectivity index (χ0v) is 17.6. The first-order valence-corrected chi connectivity index (χ1v) is 10.2. The van der Waals surface area contributed by atoms with E-state index in [0.29, 0.717) is 0 Å². The molecule has 2 nitrogen and oxygen atoms in total. The Kier molecular flexibility index (Phi) is 3.52. The van der Waals surface area contributed by atoms with E-state index in [2.05, 4.69) is 96.1 Å². The van der Waals surface area contributed by atoms with Gasteiger partial charge in [-0.1, -0.05) is 68.4 Å². The summed E-state index contributed by atoms with van der Waals surface area (Å²) in [6, 6.07) is 19.9. The van der Waals surface area contributed by atoms with Crippen molar-refractivity contribution in [1.29, 1.82) is 0 Å². The van der Waals surface area contributed by atoms with Crippen LogP contribution >= 0.6 is 0 Å². The summed E-state index contributed by atoms with van der Waals surface area (Å²) in [5.74, 6) is 0. The molecule has 2 aliphatic rings. The number of hydrogen-bond donors (Lipinski definition) is 0. The van der Waals surface area contributed by atoms with Gasteiger partial charge in [0.1, 0.15) is 0 Å². The molecule has 1 fully saturated rings. The standard InChI is InChI=1S/C25H27BO2/c1-23(2)19-12-8-7-10-18(19)22-17-11-9-13-21(16(17)14-15-20(22)23)26-27-24(3,4)25(5,6)28-26/h7-15H,1-6H3. The molecule has 3 aromatic carbocycles. The fourth-order valence-corrected chi connectivity index (χ4v) is 4.76. The van der Waals surface area contributed by atoms with Crippen LogP contribution in [0.4, 0.5) is 0 Å². The lowest BCUT2D eigenvalue weighted by molar-refractivity contribution is 0.00578. The first kappa shape index (κ1) is 18.0. The largest absolute Gasteiger partial charge is 0.495 e. The number of rotatable bonds is 1. The maximum Gasteiger partial charge on any atom is 0.495 e. The first-order valence-electron chi connectivity index (χ1n) is 10.2. The Morgan fingerprint density at radius 2 is 1.32 bits per heavy atom. The van der Waals surface area contributed by atoms with Gasteiger partial charge in [-0.2, -0.15) is 0 Å². The SMILES string of the molecule is CC1(C)c2ccccc2-c2c1ccc1c(B3OC(C)(C)C(C)(C)O3)cccc21. The molecule has 0 aromatic heterocycles. The van der Waals surface area contributed by atoms with Crippen LogP contribution < -0.4 is 5.46 Å². The second-order valence-electron chi connectivity index (χ2n) is 9.69. The van der Waals surface area contributed by atoms with Gasteiger partial charge in [-0.15, -0.1) is 0 Å². The number of benzene rings is 3. The second-order valence-corrected chi connectivity index (χ2v) is 9.69. The van der Waals surface area contributed by atoms with E-state index in [1.807, 2.05) is 0 Å². The van der Waals surface area contributed by atoms with Crippen LogP contribution in [0.1, 0.15) is 52.7 Å². The highest BCUT2D eigenvalue weighted by molar-refractivity contribution is 6.65. The van der Waals surface area contributed by atoms with Crippen molar-refractivity contribution in [3.05, 3.63) is 65.7 Å². The smallest absolute Gasteiger partial charge is 0.399 e. The van der Waals surface area contributed by atoms with Crippen molar-refractivity contribution in [1.82, 2.24) is 0 Å². The molecular formula is C25H27BO2. The normalized spacial score (nSPS) is 21.0. The van der Waals surface area contributed by atoms with Crippen molar-refractivity contribution in [2.75, 3.05) is 0 Å². The molecule has 0 amide bonds. The van der Waals surface area contributed by atoms with Crippen molar-refractivity contribution < 1.29 is 9.31 Å². The molecule has 0 spiro atoms. The lowest BCUT2D eigenvalue weighted by Crippen LogP contribution is -2.41. The quantitative estimate of drug-likeness (QED) is 0.531. The van der Waals surface area contributed by atoms with Gasteiger partial charge in [-0.05, 0) is 66.2 Å². The summed E-state index contributed by atoms with van der Waals surface area (Å²) < 4.78 is 12.7. The third kappa shape index (κ3) is 2.24. The molecule has 0 N–H and O–H groups in total. The van der Waals surface area contributed by atoms with Crippen LogP contribution in [0, 0.1) is 0 Å². The Hall–Kier alpha value is -2.10. The van der Waals surface area contributed by atoms with E-state index in [4.69, 9.17) is 9.31 Å². The van der Waals surface area contributed by atoms with E-state index < -0.39 is 0 Å². The van der Waals surface area contributed by atoms with E-state index in [9.17, 15) is 0 Å². The van der Waals surface area contributed by atoms with E-state index in [-0.39, 0.29) is 23.7 Å². The zero-order chi connectivity index (χ0) is 19.9. The molecule has 0 bridgehead atoms. The topological polar surface area (TPSA) is 18.5 Å². The first-order chi connectivity index (χ1) is 13.1. The molecule has 1 heterocycles. The van der Waals surface area contributed by atoms with Crippen molar-refractivity contribution in [2.24, 2.45) is 0 Å². The van der Waals surface area contributed by atoms with Gasteiger partial charge in [-0.3, -0.25) is 0 Å². The van der Waals surface area contributed by atoms with E-state index in [1.165, 1.54) is 33.0 Å². The molecule has 0 unspecified atom stereocenters. The van der Waals surface area contributed by atoms with Crippen molar-refractivity contribution in [3.8, 4) is 11.1 Å². The summed E-state index contributed by atoms with van der Waals surface area (Å²) >= 11 is 0. The van der Waals surface area contributed by atoms with Gasteiger partial charge in [0.25, 0.3) is 0 Å². The molecule has 3 heteroatoms. The molecule has 0 radical (unpaired) electrons. The highest BCUT2D eigenvalue weighted by Crippen LogP contribution is 2.51. The van der Waals surface area contributed by atoms with Crippen LogP contribution in [0.3, 0.4) is 0 Å². The van der Waals surface area contributed by atoms with E-state index >= 15 is 0 Å². The van der Waals surface area contributed by atoms with Crippen LogP contribution in [-0.4, -0.2) is 18.3 Å². The second kappa shape index (κ2) is 5.49. The molecule has 142 valence electrons. The van der Waals surface area contributed by atoms with Gasteiger partial charge in [0.05, 0.1) is 11.2 Å². The predicted octanol–water partition coefficient (Wildman–Crippen LogP) is 5.45. The van der Waals surface area contributed by atoms with Gasteiger partial charge >= 0.3 is 7.12 Å².